The highest BCUT2D eigenvalue weighted by atomic mass is 16.4. The van der Waals surface area contributed by atoms with Gasteiger partial charge in [-0.2, -0.15) is 0 Å². The van der Waals surface area contributed by atoms with Gasteiger partial charge in [0.15, 0.2) is 6.10 Å². The van der Waals surface area contributed by atoms with Gasteiger partial charge in [0.2, 0.25) is 0 Å². The summed E-state index contributed by atoms with van der Waals surface area (Å²) in [7, 11) is 0. The predicted octanol–water partition coefficient (Wildman–Crippen LogP) is 1.33. The van der Waals surface area contributed by atoms with Crippen LogP contribution in [0.25, 0.3) is 0 Å². The summed E-state index contributed by atoms with van der Waals surface area (Å²) in [5, 5.41) is 18.8. The van der Waals surface area contributed by atoms with Crippen LogP contribution in [0.3, 0.4) is 0 Å². The maximum Gasteiger partial charge on any atom is 0.337 e. The van der Waals surface area contributed by atoms with Crippen LogP contribution in [-0.2, 0) is 4.79 Å². The molecule has 5 nitrogen and oxygen atoms in total. The standard InChI is InChI=1S/C15H22N2O3/c1-11(2)16-7-9-17(10-8-16)13-6-4-3-5-12(13)14(18)15(19)20/h3-6,11,14,18H,7-10H2,1-2H3,(H,19,20). The topological polar surface area (TPSA) is 64.0 Å². The van der Waals surface area contributed by atoms with E-state index in [0.29, 0.717) is 11.6 Å². The third-order valence-electron chi connectivity index (χ3n) is 3.85. The number of piperazine rings is 1. The maximum atomic E-state index is 11.0. The van der Waals surface area contributed by atoms with E-state index < -0.39 is 12.1 Å². The summed E-state index contributed by atoms with van der Waals surface area (Å²) in [4.78, 5) is 15.5. The predicted molar refractivity (Wildman–Crippen MR) is 78.0 cm³/mol. The van der Waals surface area contributed by atoms with Gasteiger partial charge in [-0.05, 0) is 19.9 Å². The van der Waals surface area contributed by atoms with Crippen molar-refractivity contribution in [3.8, 4) is 0 Å². The number of hydrogen-bond donors (Lipinski definition) is 2. The zero-order chi connectivity index (χ0) is 14.7. The van der Waals surface area contributed by atoms with Crippen LogP contribution in [0.1, 0.15) is 25.5 Å². The molecule has 2 rings (SSSR count). The van der Waals surface area contributed by atoms with Crippen molar-refractivity contribution in [1.82, 2.24) is 4.90 Å². The molecular formula is C15H22N2O3. The zero-order valence-electron chi connectivity index (χ0n) is 12.0. The van der Waals surface area contributed by atoms with E-state index in [9.17, 15) is 9.90 Å². The van der Waals surface area contributed by atoms with Crippen molar-refractivity contribution in [2.45, 2.75) is 26.0 Å². The fraction of sp³-hybridized carbons (Fsp3) is 0.533. The molecule has 0 aromatic heterocycles. The number of para-hydroxylation sites is 1. The molecule has 0 saturated carbocycles. The van der Waals surface area contributed by atoms with Crippen LogP contribution in [0.5, 0.6) is 0 Å². The number of aliphatic carboxylic acids is 1. The van der Waals surface area contributed by atoms with Gasteiger partial charge < -0.3 is 15.1 Å². The number of benzene rings is 1. The van der Waals surface area contributed by atoms with Crippen molar-refractivity contribution in [2.24, 2.45) is 0 Å². The minimum absolute atomic E-state index is 0.470. The number of nitrogens with zero attached hydrogens (tertiary/aromatic N) is 2. The lowest BCUT2D eigenvalue weighted by Gasteiger charge is -2.39. The van der Waals surface area contributed by atoms with Crippen LogP contribution in [0.15, 0.2) is 24.3 Å². The third kappa shape index (κ3) is 3.11. The van der Waals surface area contributed by atoms with Crippen molar-refractivity contribution in [1.29, 1.82) is 0 Å². The molecule has 0 spiro atoms. The monoisotopic (exact) mass is 278 g/mol. The first-order valence-corrected chi connectivity index (χ1v) is 6.99. The summed E-state index contributed by atoms with van der Waals surface area (Å²) >= 11 is 0. The second-order valence-corrected chi connectivity index (χ2v) is 5.42. The van der Waals surface area contributed by atoms with Crippen LogP contribution in [0.2, 0.25) is 0 Å². The summed E-state index contributed by atoms with van der Waals surface area (Å²) in [5.41, 5.74) is 1.30. The van der Waals surface area contributed by atoms with Crippen LogP contribution >= 0.6 is 0 Å². The Morgan fingerprint density at radius 3 is 2.30 bits per heavy atom. The fourth-order valence-electron chi connectivity index (χ4n) is 2.62. The molecule has 1 saturated heterocycles. The highest BCUT2D eigenvalue weighted by Gasteiger charge is 2.25. The molecule has 2 N–H and O–H groups in total. The van der Waals surface area contributed by atoms with E-state index in [-0.39, 0.29) is 0 Å². The lowest BCUT2D eigenvalue weighted by Crippen LogP contribution is -2.49. The number of carboxylic acids is 1. The molecule has 1 unspecified atom stereocenters. The summed E-state index contributed by atoms with van der Waals surface area (Å²) in [6.45, 7) is 7.96. The zero-order valence-corrected chi connectivity index (χ0v) is 12.0. The molecule has 5 heteroatoms. The van der Waals surface area contributed by atoms with Gasteiger partial charge in [-0.15, -0.1) is 0 Å². The van der Waals surface area contributed by atoms with Crippen LogP contribution < -0.4 is 4.90 Å². The molecule has 1 aromatic carbocycles. The Labute approximate surface area is 119 Å². The van der Waals surface area contributed by atoms with E-state index in [4.69, 9.17) is 5.11 Å². The van der Waals surface area contributed by atoms with E-state index in [0.717, 1.165) is 31.9 Å². The summed E-state index contributed by atoms with van der Waals surface area (Å²) < 4.78 is 0. The molecule has 110 valence electrons. The number of aliphatic hydroxyl groups excluding tert-OH is 1. The van der Waals surface area contributed by atoms with Crippen LogP contribution in [0, 0.1) is 0 Å². The summed E-state index contributed by atoms with van der Waals surface area (Å²) in [6, 6.07) is 7.73. The van der Waals surface area contributed by atoms with Gasteiger partial charge in [-0.1, -0.05) is 18.2 Å². The number of hydrogen-bond acceptors (Lipinski definition) is 4. The molecule has 1 aromatic rings. The Hall–Kier alpha value is -1.59. The molecule has 20 heavy (non-hydrogen) atoms. The van der Waals surface area contributed by atoms with Gasteiger partial charge in [0, 0.05) is 43.5 Å². The van der Waals surface area contributed by atoms with Crippen LogP contribution in [0.4, 0.5) is 5.69 Å². The summed E-state index contributed by atoms with van der Waals surface area (Å²) in [5.74, 6) is -1.21. The van der Waals surface area contributed by atoms with Crippen molar-refractivity contribution >= 4 is 11.7 Å². The molecule has 1 aliphatic rings. The quantitative estimate of drug-likeness (QED) is 0.870. The Balaban J connectivity index is 2.16. The molecule has 1 atom stereocenters. The van der Waals surface area contributed by atoms with Crippen molar-refractivity contribution < 1.29 is 15.0 Å². The molecular weight excluding hydrogens is 256 g/mol. The molecule has 0 amide bonds. The van der Waals surface area contributed by atoms with Gasteiger partial charge >= 0.3 is 5.97 Å². The Bertz CT molecular complexity index is 468. The van der Waals surface area contributed by atoms with Gasteiger partial charge in [-0.25, -0.2) is 4.79 Å². The lowest BCUT2D eigenvalue weighted by atomic mass is 10.1. The van der Waals surface area contributed by atoms with Crippen molar-refractivity contribution in [3.63, 3.8) is 0 Å². The summed E-state index contributed by atoms with van der Waals surface area (Å²) in [6.07, 6.45) is -1.46. The second-order valence-electron chi connectivity index (χ2n) is 5.42. The van der Waals surface area contributed by atoms with E-state index >= 15 is 0 Å². The Morgan fingerprint density at radius 2 is 1.75 bits per heavy atom. The lowest BCUT2D eigenvalue weighted by molar-refractivity contribution is -0.146. The number of anilines is 1. The number of carbonyl (C=O) groups is 1. The van der Waals surface area contributed by atoms with E-state index in [1.165, 1.54) is 0 Å². The van der Waals surface area contributed by atoms with Gasteiger partial charge in [0.25, 0.3) is 0 Å². The minimum Gasteiger partial charge on any atom is -0.479 e. The molecule has 0 aliphatic carbocycles. The minimum atomic E-state index is -1.46. The van der Waals surface area contributed by atoms with Gasteiger partial charge in [0.1, 0.15) is 0 Å². The van der Waals surface area contributed by atoms with Gasteiger partial charge in [-0.3, -0.25) is 4.90 Å². The molecule has 1 fully saturated rings. The highest BCUT2D eigenvalue weighted by molar-refractivity contribution is 5.77. The van der Waals surface area contributed by atoms with Crippen molar-refractivity contribution in [3.05, 3.63) is 29.8 Å². The van der Waals surface area contributed by atoms with Gasteiger partial charge in [0.05, 0.1) is 0 Å². The molecule has 0 radical (unpaired) electrons. The first-order valence-electron chi connectivity index (χ1n) is 6.99. The molecule has 1 heterocycles. The SMILES string of the molecule is CC(C)N1CCN(c2ccccc2C(O)C(=O)O)CC1. The van der Waals surface area contributed by atoms with Crippen LogP contribution in [-0.4, -0.2) is 53.3 Å². The van der Waals surface area contributed by atoms with E-state index in [2.05, 4.69) is 23.6 Å². The normalized spacial score (nSPS) is 18.3. The fourth-order valence-corrected chi connectivity index (χ4v) is 2.62. The average Bonchev–Trinajstić information content (AvgIpc) is 2.46. The Morgan fingerprint density at radius 1 is 1.15 bits per heavy atom. The largest absolute Gasteiger partial charge is 0.479 e. The average molecular weight is 278 g/mol. The highest BCUT2D eigenvalue weighted by Crippen LogP contribution is 2.27. The first-order chi connectivity index (χ1) is 9.50. The smallest absolute Gasteiger partial charge is 0.337 e. The first kappa shape index (κ1) is 14.8. The third-order valence-corrected chi connectivity index (χ3v) is 3.85. The molecule has 0 bridgehead atoms. The number of rotatable bonds is 4. The molecule has 1 aliphatic heterocycles. The number of aliphatic hydroxyl groups is 1. The number of carboxylic acid groups (broad SMARTS) is 1. The van der Waals surface area contributed by atoms with E-state index in [1.54, 1.807) is 12.1 Å². The maximum absolute atomic E-state index is 11.0. The van der Waals surface area contributed by atoms with E-state index in [1.807, 2.05) is 12.1 Å². The second kappa shape index (κ2) is 6.24. The Kier molecular flexibility index (Phi) is 4.62. The van der Waals surface area contributed by atoms with Crippen molar-refractivity contribution in [2.75, 3.05) is 31.1 Å².